The van der Waals surface area contributed by atoms with Gasteiger partial charge in [0.05, 0.1) is 6.10 Å². The van der Waals surface area contributed by atoms with Gasteiger partial charge in [-0.25, -0.2) is 0 Å². The Bertz CT molecular complexity index is 184. The lowest BCUT2D eigenvalue weighted by molar-refractivity contribution is 0.0198. The van der Waals surface area contributed by atoms with Crippen molar-refractivity contribution in [2.45, 2.75) is 33.8 Å². The molecular formula is C12H26N2O. The van der Waals surface area contributed by atoms with Crippen molar-refractivity contribution in [3.63, 3.8) is 0 Å². The SMILES string of the molecule is CCN1CCN(CC(C)(C)C(C)O)CC1. The van der Waals surface area contributed by atoms with E-state index in [1.807, 2.05) is 6.92 Å². The third-order valence-corrected chi connectivity index (χ3v) is 3.67. The molecule has 1 aliphatic heterocycles. The fraction of sp³-hybridized carbons (Fsp3) is 1.00. The second-order valence-corrected chi connectivity index (χ2v) is 5.37. The van der Waals surface area contributed by atoms with Crippen molar-refractivity contribution in [3.8, 4) is 0 Å². The molecule has 1 atom stereocenters. The number of hydrogen-bond acceptors (Lipinski definition) is 3. The average Bonchev–Trinajstić information content (AvgIpc) is 2.18. The second-order valence-electron chi connectivity index (χ2n) is 5.37. The van der Waals surface area contributed by atoms with E-state index in [1.54, 1.807) is 0 Å². The molecule has 0 aromatic rings. The Morgan fingerprint density at radius 3 is 2.00 bits per heavy atom. The van der Waals surface area contributed by atoms with Crippen LogP contribution in [0.15, 0.2) is 0 Å². The first-order chi connectivity index (χ1) is 6.95. The van der Waals surface area contributed by atoms with Crippen LogP contribution >= 0.6 is 0 Å². The van der Waals surface area contributed by atoms with Crippen LogP contribution in [0.4, 0.5) is 0 Å². The fourth-order valence-corrected chi connectivity index (χ4v) is 1.97. The molecule has 3 heteroatoms. The molecule has 1 N–H and O–H groups in total. The van der Waals surface area contributed by atoms with Crippen LogP contribution in [0, 0.1) is 5.41 Å². The molecule has 1 fully saturated rings. The van der Waals surface area contributed by atoms with Gasteiger partial charge < -0.3 is 14.9 Å². The van der Waals surface area contributed by atoms with Crippen molar-refractivity contribution in [3.05, 3.63) is 0 Å². The molecule has 0 radical (unpaired) electrons. The highest BCUT2D eigenvalue weighted by Crippen LogP contribution is 2.22. The van der Waals surface area contributed by atoms with Crippen LogP contribution in [0.1, 0.15) is 27.7 Å². The minimum absolute atomic E-state index is 0.00832. The first-order valence-electron chi connectivity index (χ1n) is 6.08. The minimum Gasteiger partial charge on any atom is -0.393 e. The molecule has 1 saturated heterocycles. The summed E-state index contributed by atoms with van der Waals surface area (Å²) in [6.45, 7) is 15.2. The Morgan fingerprint density at radius 1 is 1.13 bits per heavy atom. The zero-order chi connectivity index (χ0) is 11.5. The standard InChI is InChI=1S/C12H26N2O/c1-5-13-6-8-14(9-7-13)10-12(3,4)11(2)15/h11,15H,5-10H2,1-4H3. The highest BCUT2D eigenvalue weighted by Gasteiger charge is 2.28. The molecule has 0 amide bonds. The van der Waals surface area contributed by atoms with Crippen molar-refractivity contribution in [2.24, 2.45) is 5.41 Å². The van der Waals surface area contributed by atoms with Gasteiger partial charge in [0.1, 0.15) is 0 Å². The van der Waals surface area contributed by atoms with Gasteiger partial charge in [-0.3, -0.25) is 0 Å². The van der Waals surface area contributed by atoms with Crippen molar-refractivity contribution in [2.75, 3.05) is 39.3 Å². The second kappa shape index (κ2) is 5.28. The topological polar surface area (TPSA) is 26.7 Å². The number of rotatable bonds is 4. The Morgan fingerprint density at radius 2 is 1.60 bits per heavy atom. The zero-order valence-corrected chi connectivity index (χ0v) is 10.7. The first-order valence-corrected chi connectivity index (χ1v) is 6.08. The quantitative estimate of drug-likeness (QED) is 0.757. The smallest absolute Gasteiger partial charge is 0.0575 e. The predicted molar refractivity (Wildman–Crippen MR) is 64.0 cm³/mol. The van der Waals surface area contributed by atoms with Gasteiger partial charge >= 0.3 is 0 Å². The maximum absolute atomic E-state index is 9.67. The molecule has 15 heavy (non-hydrogen) atoms. The van der Waals surface area contributed by atoms with Gasteiger partial charge in [-0.15, -0.1) is 0 Å². The fourth-order valence-electron chi connectivity index (χ4n) is 1.97. The lowest BCUT2D eigenvalue weighted by atomic mass is 9.86. The summed E-state index contributed by atoms with van der Waals surface area (Å²) in [6.07, 6.45) is -0.235. The Balaban J connectivity index is 2.35. The number of aliphatic hydroxyl groups is 1. The number of hydrogen-bond donors (Lipinski definition) is 1. The molecular weight excluding hydrogens is 188 g/mol. The molecule has 3 nitrogen and oxygen atoms in total. The summed E-state index contributed by atoms with van der Waals surface area (Å²) in [7, 11) is 0. The summed E-state index contributed by atoms with van der Waals surface area (Å²) < 4.78 is 0. The van der Waals surface area contributed by atoms with E-state index in [4.69, 9.17) is 0 Å². The van der Waals surface area contributed by atoms with E-state index >= 15 is 0 Å². The molecule has 90 valence electrons. The summed E-state index contributed by atoms with van der Waals surface area (Å²) in [5, 5.41) is 9.67. The van der Waals surface area contributed by atoms with Crippen LogP contribution in [0.25, 0.3) is 0 Å². The zero-order valence-electron chi connectivity index (χ0n) is 10.7. The molecule has 0 aromatic heterocycles. The van der Waals surface area contributed by atoms with E-state index < -0.39 is 0 Å². The summed E-state index contributed by atoms with van der Waals surface area (Å²) in [5.74, 6) is 0. The summed E-state index contributed by atoms with van der Waals surface area (Å²) in [5.41, 5.74) is 0.00832. The van der Waals surface area contributed by atoms with E-state index in [9.17, 15) is 5.11 Å². The highest BCUT2D eigenvalue weighted by atomic mass is 16.3. The van der Waals surface area contributed by atoms with E-state index in [0.29, 0.717) is 0 Å². The molecule has 0 spiro atoms. The molecule has 0 aliphatic carbocycles. The Kier molecular flexibility index (Phi) is 4.56. The third-order valence-electron chi connectivity index (χ3n) is 3.67. The normalized spacial score (nSPS) is 23.0. The van der Waals surface area contributed by atoms with Gasteiger partial charge in [-0.2, -0.15) is 0 Å². The average molecular weight is 214 g/mol. The van der Waals surface area contributed by atoms with Crippen molar-refractivity contribution < 1.29 is 5.11 Å². The van der Waals surface area contributed by atoms with E-state index in [1.165, 1.54) is 13.1 Å². The maximum Gasteiger partial charge on any atom is 0.0575 e. The number of piperazine rings is 1. The van der Waals surface area contributed by atoms with Gasteiger partial charge in [-0.05, 0) is 13.5 Å². The maximum atomic E-state index is 9.67. The monoisotopic (exact) mass is 214 g/mol. The summed E-state index contributed by atoms with van der Waals surface area (Å²) in [6, 6.07) is 0. The van der Waals surface area contributed by atoms with Crippen LogP contribution in [-0.2, 0) is 0 Å². The van der Waals surface area contributed by atoms with Gasteiger partial charge in [0.15, 0.2) is 0 Å². The summed E-state index contributed by atoms with van der Waals surface area (Å²) in [4.78, 5) is 4.95. The molecule has 0 saturated carbocycles. The van der Waals surface area contributed by atoms with Gasteiger partial charge in [0.25, 0.3) is 0 Å². The molecule has 0 bridgehead atoms. The van der Waals surface area contributed by atoms with E-state index in [2.05, 4.69) is 30.6 Å². The van der Waals surface area contributed by atoms with Crippen LogP contribution in [0.5, 0.6) is 0 Å². The minimum atomic E-state index is -0.235. The van der Waals surface area contributed by atoms with Crippen LogP contribution < -0.4 is 0 Å². The van der Waals surface area contributed by atoms with Crippen LogP contribution in [0.2, 0.25) is 0 Å². The van der Waals surface area contributed by atoms with Gasteiger partial charge in [0, 0.05) is 38.1 Å². The molecule has 1 unspecified atom stereocenters. The Hall–Kier alpha value is -0.120. The predicted octanol–water partition coefficient (Wildman–Crippen LogP) is 1.03. The Labute approximate surface area is 94.1 Å². The van der Waals surface area contributed by atoms with Crippen molar-refractivity contribution >= 4 is 0 Å². The summed E-state index contributed by atoms with van der Waals surface area (Å²) >= 11 is 0. The number of nitrogens with zero attached hydrogens (tertiary/aromatic N) is 2. The van der Waals surface area contributed by atoms with Crippen molar-refractivity contribution in [1.29, 1.82) is 0 Å². The van der Waals surface area contributed by atoms with Crippen molar-refractivity contribution in [1.82, 2.24) is 9.80 Å². The van der Waals surface area contributed by atoms with Gasteiger partial charge in [-0.1, -0.05) is 20.8 Å². The number of likely N-dealkylation sites (N-methyl/N-ethyl adjacent to an activating group) is 1. The highest BCUT2D eigenvalue weighted by molar-refractivity contribution is 4.81. The van der Waals surface area contributed by atoms with Crippen LogP contribution in [-0.4, -0.2) is 60.3 Å². The molecule has 0 aromatic carbocycles. The third kappa shape index (κ3) is 3.74. The van der Waals surface area contributed by atoms with Crippen LogP contribution in [0.3, 0.4) is 0 Å². The molecule has 1 rings (SSSR count). The van der Waals surface area contributed by atoms with E-state index in [-0.39, 0.29) is 11.5 Å². The largest absolute Gasteiger partial charge is 0.393 e. The first kappa shape index (κ1) is 12.9. The number of aliphatic hydroxyl groups excluding tert-OH is 1. The van der Waals surface area contributed by atoms with E-state index in [0.717, 1.165) is 26.2 Å². The lowest BCUT2D eigenvalue weighted by Crippen LogP contribution is -2.50. The van der Waals surface area contributed by atoms with Gasteiger partial charge in [0.2, 0.25) is 0 Å². The molecule has 1 heterocycles. The molecule has 1 aliphatic rings. The lowest BCUT2D eigenvalue weighted by Gasteiger charge is -2.39.